The van der Waals surface area contributed by atoms with Gasteiger partial charge >= 0.3 is 0 Å². The van der Waals surface area contributed by atoms with Crippen LogP contribution in [0.4, 0.5) is 0 Å². The van der Waals surface area contributed by atoms with E-state index < -0.39 is 0 Å². The Hall–Kier alpha value is -0.860. The Kier molecular flexibility index (Phi) is 9.61. The lowest BCUT2D eigenvalue weighted by Crippen LogP contribution is -2.39. The highest BCUT2D eigenvalue weighted by Gasteiger charge is 2.10. The van der Waals surface area contributed by atoms with Crippen LogP contribution in [0.15, 0.2) is 35.5 Å². The standard InChI is InChI=1S/C17H23ClN4S.HI/c1-4-19-17(20-10-9-16-21-11-12(2)23-16)22-13(3)14-7-5-6-8-15(14)18;/h5-8,11,13H,4,9-10H2,1-3H3,(H2,19,20,22);1H. The summed E-state index contributed by atoms with van der Waals surface area (Å²) in [5.74, 6) is 0.799. The highest BCUT2D eigenvalue weighted by molar-refractivity contribution is 14.0. The maximum Gasteiger partial charge on any atom is 0.191 e. The molecule has 0 saturated heterocycles. The van der Waals surface area contributed by atoms with Crippen molar-refractivity contribution in [2.24, 2.45) is 4.99 Å². The molecule has 1 heterocycles. The second-order valence-corrected chi connectivity index (χ2v) is 6.99. The van der Waals surface area contributed by atoms with Crippen LogP contribution in [0.2, 0.25) is 5.02 Å². The average Bonchev–Trinajstić information content (AvgIpc) is 2.93. The van der Waals surface area contributed by atoms with E-state index >= 15 is 0 Å². The first kappa shape index (κ1) is 21.2. The fourth-order valence-electron chi connectivity index (χ4n) is 2.21. The van der Waals surface area contributed by atoms with Crippen LogP contribution in [-0.4, -0.2) is 24.0 Å². The van der Waals surface area contributed by atoms with E-state index in [2.05, 4.69) is 41.4 Å². The van der Waals surface area contributed by atoms with Crippen molar-refractivity contribution in [1.82, 2.24) is 15.6 Å². The van der Waals surface area contributed by atoms with Crippen LogP contribution in [0.1, 0.15) is 35.3 Å². The number of hydrogen-bond donors (Lipinski definition) is 2. The molecule has 1 atom stereocenters. The highest BCUT2D eigenvalue weighted by atomic mass is 127. The summed E-state index contributed by atoms with van der Waals surface area (Å²) in [6, 6.07) is 7.96. The molecule has 0 aliphatic carbocycles. The summed E-state index contributed by atoms with van der Waals surface area (Å²) in [5, 5.41) is 8.57. The summed E-state index contributed by atoms with van der Waals surface area (Å²) in [4.78, 5) is 10.2. The number of nitrogens with zero attached hydrogens (tertiary/aromatic N) is 2. The van der Waals surface area contributed by atoms with Crippen LogP contribution in [0.5, 0.6) is 0 Å². The first-order chi connectivity index (χ1) is 11.1. The molecule has 0 fully saturated rings. The van der Waals surface area contributed by atoms with Crippen molar-refractivity contribution in [3.63, 3.8) is 0 Å². The Morgan fingerprint density at radius 1 is 1.38 bits per heavy atom. The molecule has 2 N–H and O–H groups in total. The van der Waals surface area contributed by atoms with Crippen molar-refractivity contribution in [3.8, 4) is 0 Å². The molecule has 1 aromatic carbocycles. The van der Waals surface area contributed by atoms with E-state index in [1.165, 1.54) is 4.88 Å². The van der Waals surface area contributed by atoms with Crippen LogP contribution in [0, 0.1) is 6.92 Å². The second kappa shape index (κ2) is 10.9. The van der Waals surface area contributed by atoms with Gasteiger partial charge in [-0.05, 0) is 32.4 Å². The van der Waals surface area contributed by atoms with Gasteiger partial charge in [0, 0.05) is 35.6 Å². The quantitative estimate of drug-likeness (QED) is 0.363. The van der Waals surface area contributed by atoms with Gasteiger partial charge in [-0.1, -0.05) is 29.8 Å². The minimum Gasteiger partial charge on any atom is -0.357 e. The van der Waals surface area contributed by atoms with Gasteiger partial charge in [0.2, 0.25) is 0 Å². The molecule has 4 nitrogen and oxygen atoms in total. The number of aliphatic imine (C=N–C) groups is 1. The lowest BCUT2D eigenvalue weighted by Gasteiger charge is -2.19. The summed E-state index contributed by atoms with van der Waals surface area (Å²) < 4.78 is 0. The molecule has 0 radical (unpaired) electrons. The lowest BCUT2D eigenvalue weighted by atomic mass is 10.1. The molecule has 24 heavy (non-hydrogen) atoms. The van der Waals surface area contributed by atoms with Gasteiger partial charge in [0.25, 0.3) is 0 Å². The van der Waals surface area contributed by atoms with Crippen molar-refractivity contribution in [2.75, 3.05) is 13.1 Å². The number of guanidine groups is 1. The maximum absolute atomic E-state index is 6.26. The normalized spacial score (nSPS) is 12.4. The Balaban J connectivity index is 0.00000288. The van der Waals surface area contributed by atoms with E-state index in [1.807, 2.05) is 30.5 Å². The van der Waals surface area contributed by atoms with E-state index in [-0.39, 0.29) is 30.0 Å². The zero-order valence-corrected chi connectivity index (χ0v) is 18.1. The first-order valence-electron chi connectivity index (χ1n) is 7.80. The van der Waals surface area contributed by atoms with E-state index in [4.69, 9.17) is 11.6 Å². The molecule has 0 bridgehead atoms. The molecule has 0 amide bonds. The summed E-state index contributed by atoms with van der Waals surface area (Å²) in [5.41, 5.74) is 1.07. The van der Waals surface area contributed by atoms with Crippen molar-refractivity contribution in [2.45, 2.75) is 33.2 Å². The third kappa shape index (κ3) is 6.57. The maximum atomic E-state index is 6.26. The largest absolute Gasteiger partial charge is 0.357 e. The number of benzene rings is 1. The zero-order valence-electron chi connectivity index (χ0n) is 14.2. The zero-order chi connectivity index (χ0) is 16.7. The minimum atomic E-state index is 0. The van der Waals surface area contributed by atoms with E-state index in [0.29, 0.717) is 6.54 Å². The number of hydrogen-bond acceptors (Lipinski definition) is 3. The molecular weight excluding hydrogens is 455 g/mol. The molecule has 132 valence electrons. The van der Waals surface area contributed by atoms with Crippen molar-refractivity contribution >= 4 is 52.9 Å². The molecule has 2 rings (SSSR count). The fourth-order valence-corrected chi connectivity index (χ4v) is 3.28. The van der Waals surface area contributed by atoms with Crippen LogP contribution in [-0.2, 0) is 6.42 Å². The SMILES string of the molecule is CCNC(=NCCc1ncc(C)s1)NC(C)c1ccccc1Cl.I. The van der Waals surface area contributed by atoms with Gasteiger partial charge in [0.1, 0.15) is 0 Å². The number of aryl methyl sites for hydroxylation is 1. The van der Waals surface area contributed by atoms with Gasteiger partial charge in [-0.15, -0.1) is 35.3 Å². The lowest BCUT2D eigenvalue weighted by molar-refractivity contribution is 0.686. The smallest absolute Gasteiger partial charge is 0.191 e. The van der Waals surface area contributed by atoms with Gasteiger partial charge in [0.15, 0.2) is 5.96 Å². The second-order valence-electron chi connectivity index (χ2n) is 5.26. The summed E-state index contributed by atoms with van der Waals surface area (Å²) in [7, 11) is 0. The molecule has 2 aromatic rings. The monoisotopic (exact) mass is 478 g/mol. The Bertz CT molecular complexity index is 660. The molecule has 1 aromatic heterocycles. The summed E-state index contributed by atoms with van der Waals surface area (Å²) in [6.07, 6.45) is 2.77. The van der Waals surface area contributed by atoms with E-state index in [1.54, 1.807) is 11.3 Å². The van der Waals surface area contributed by atoms with Crippen LogP contribution in [0.3, 0.4) is 0 Å². The number of halogens is 2. The topological polar surface area (TPSA) is 49.3 Å². The molecule has 0 saturated carbocycles. The molecule has 0 aliphatic rings. The van der Waals surface area contributed by atoms with Gasteiger partial charge in [0.05, 0.1) is 11.0 Å². The third-order valence-corrected chi connectivity index (χ3v) is 4.65. The van der Waals surface area contributed by atoms with Crippen LogP contribution < -0.4 is 10.6 Å². The van der Waals surface area contributed by atoms with Crippen LogP contribution in [0.25, 0.3) is 0 Å². The van der Waals surface area contributed by atoms with Crippen molar-refractivity contribution in [3.05, 3.63) is 50.9 Å². The number of aromatic nitrogens is 1. The summed E-state index contributed by atoms with van der Waals surface area (Å²) >= 11 is 7.99. The van der Waals surface area contributed by atoms with Gasteiger partial charge in [-0.2, -0.15) is 0 Å². The van der Waals surface area contributed by atoms with Gasteiger partial charge < -0.3 is 10.6 Å². The van der Waals surface area contributed by atoms with Crippen molar-refractivity contribution < 1.29 is 0 Å². The summed E-state index contributed by atoms with van der Waals surface area (Å²) in [6.45, 7) is 7.73. The molecule has 7 heteroatoms. The van der Waals surface area contributed by atoms with Crippen LogP contribution >= 0.6 is 46.9 Å². The predicted molar refractivity (Wildman–Crippen MR) is 115 cm³/mol. The van der Waals surface area contributed by atoms with Gasteiger partial charge in [-0.3, -0.25) is 4.99 Å². The fraction of sp³-hybridized carbons (Fsp3) is 0.412. The molecule has 1 unspecified atom stereocenters. The molecule has 0 spiro atoms. The van der Waals surface area contributed by atoms with Gasteiger partial charge in [-0.25, -0.2) is 4.98 Å². The number of nitrogens with one attached hydrogen (secondary N) is 2. The van der Waals surface area contributed by atoms with Crippen molar-refractivity contribution in [1.29, 1.82) is 0 Å². The molecular formula is C17H24ClIN4S. The Labute approximate surface area is 170 Å². The van der Waals surface area contributed by atoms with E-state index in [0.717, 1.165) is 34.5 Å². The Morgan fingerprint density at radius 3 is 2.75 bits per heavy atom. The Morgan fingerprint density at radius 2 is 2.12 bits per heavy atom. The number of thiazole rings is 1. The third-order valence-electron chi connectivity index (χ3n) is 3.33. The highest BCUT2D eigenvalue weighted by Crippen LogP contribution is 2.21. The minimum absolute atomic E-state index is 0. The molecule has 0 aliphatic heterocycles. The van der Waals surface area contributed by atoms with E-state index in [9.17, 15) is 0 Å². The average molecular weight is 479 g/mol. The predicted octanol–water partition coefficient (Wildman–Crippen LogP) is 4.58. The number of rotatable bonds is 6. The first-order valence-corrected chi connectivity index (χ1v) is 9.00.